The molecule has 1 aromatic carbocycles. The van der Waals surface area contributed by atoms with Gasteiger partial charge in [-0.05, 0) is 37.3 Å². The average Bonchev–Trinajstić information content (AvgIpc) is 2.78. The molecule has 0 bridgehead atoms. The third-order valence-corrected chi connectivity index (χ3v) is 6.31. The first kappa shape index (κ1) is 22.4. The SMILES string of the molecule is COc1ccccc1N1CCN(C(=O)[C@H](CC(C)C)NC(=O)C2CCCCC2)CC1. The van der Waals surface area contributed by atoms with Crippen LogP contribution in [-0.4, -0.2) is 56.0 Å². The van der Waals surface area contributed by atoms with Crippen LogP contribution in [0.25, 0.3) is 0 Å². The van der Waals surface area contributed by atoms with E-state index in [2.05, 4.69) is 30.1 Å². The van der Waals surface area contributed by atoms with Crippen molar-refractivity contribution in [2.75, 3.05) is 38.2 Å². The molecule has 0 radical (unpaired) electrons. The number of benzene rings is 1. The number of hydrogen-bond donors (Lipinski definition) is 1. The molecule has 0 spiro atoms. The summed E-state index contributed by atoms with van der Waals surface area (Å²) in [6, 6.07) is 7.58. The van der Waals surface area contributed by atoms with Gasteiger partial charge in [-0.15, -0.1) is 0 Å². The van der Waals surface area contributed by atoms with Crippen LogP contribution in [0.4, 0.5) is 5.69 Å². The lowest BCUT2D eigenvalue weighted by Crippen LogP contribution is -2.56. The smallest absolute Gasteiger partial charge is 0.245 e. The van der Waals surface area contributed by atoms with Crippen LogP contribution in [0.15, 0.2) is 24.3 Å². The second-order valence-electron chi connectivity index (χ2n) is 9.01. The Kier molecular flexibility index (Phi) is 8.00. The van der Waals surface area contributed by atoms with Crippen LogP contribution in [0.3, 0.4) is 0 Å². The number of nitrogens with zero attached hydrogens (tertiary/aromatic N) is 2. The fraction of sp³-hybridized carbons (Fsp3) is 0.667. The van der Waals surface area contributed by atoms with Crippen LogP contribution in [-0.2, 0) is 9.59 Å². The quantitative estimate of drug-likeness (QED) is 0.741. The van der Waals surface area contributed by atoms with Crippen molar-refractivity contribution in [1.29, 1.82) is 0 Å². The van der Waals surface area contributed by atoms with E-state index >= 15 is 0 Å². The summed E-state index contributed by atoms with van der Waals surface area (Å²) in [5.41, 5.74) is 1.07. The van der Waals surface area contributed by atoms with Gasteiger partial charge in [-0.25, -0.2) is 0 Å². The second-order valence-corrected chi connectivity index (χ2v) is 9.01. The number of rotatable bonds is 7. The van der Waals surface area contributed by atoms with Gasteiger partial charge >= 0.3 is 0 Å². The number of methoxy groups -OCH3 is 1. The van der Waals surface area contributed by atoms with Gasteiger partial charge < -0.3 is 19.9 Å². The molecule has 6 nitrogen and oxygen atoms in total. The van der Waals surface area contributed by atoms with Gasteiger partial charge in [0.15, 0.2) is 0 Å². The molecule has 0 aromatic heterocycles. The summed E-state index contributed by atoms with van der Waals surface area (Å²) in [6.07, 6.45) is 6.04. The summed E-state index contributed by atoms with van der Waals surface area (Å²) in [5.74, 6) is 1.41. The molecular formula is C24H37N3O3. The highest BCUT2D eigenvalue weighted by Gasteiger charge is 2.31. The first-order valence-corrected chi connectivity index (χ1v) is 11.5. The lowest BCUT2D eigenvalue weighted by Gasteiger charge is -2.38. The molecule has 1 heterocycles. The Morgan fingerprint density at radius 3 is 2.37 bits per heavy atom. The maximum Gasteiger partial charge on any atom is 0.245 e. The van der Waals surface area contributed by atoms with E-state index in [1.165, 1.54) is 6.42 Å². The van der Waals surface area contributed by atoms with Crippen molar-refractivity contribution in [2.24, 2.45) is 11.8 Å². The topological polar surface area (TPSA) is 61.9 Å². The molecule has 1 aromatic rings. The molecule has 30 heavy (non-hydrogen) atoms. The van der Waals surface area contributed by atoms with E-state index < -0.39 is 6.04 Å². The van der Waals surface area contributed by atoms with E-state index in [4.69, 9.17) is 4.74 Å². The van der Waals surface area contributed by atoms with E-state index in [0.29, 0.717) is 25.4 Å². The van der Waals surface area contributed by atoms with Crippen molar-refractivity contribution in [3.05, 3.63) is 24.3 Å². The lowest BCUT2D eigenvalue weighted by atomic mass is 9.88. The molecule has 1 aliphatic heterocycles. The maximum absolute atomic E-state index is 13.3. The van der Waals surface area contributed by atoms with Gasteiger partial charge in [0.05, 0.1) is 12.8 Å². The van der Waals surface area contributed by atoms with Crippen LogP contribution < -0.4 is 15.0 Å². The van der Waals surface area contributed by atoms with Crippen LogP contribution in [0, 0.1) is 11.8 Å². The lowest BCUT2D eigenvalue weighted by molar-refractivity contribution is -0.138. The molecule has 2 fully saturated rings. The van der Waals surface area contributed by atoms with Crippen molar-refractivity contribution >= 4 is 17.5 Å². The number of nitrogens with one attached hydrogen (secondary N) is 1. The minimum Gasteiger partial charge on any atom is -0.495 e. The van der Waals surface area contributed by atoms with Gasteiger partial charge in [-0.1, -0.05) is 45.2 Å². The fourth-order valence-corrected chi connectivity index (χ4v) is 4.63. The minimum atomic E-state index is -0.419. The van der Waals surface area contributed by atoms with E-state index in [-0.39, 0.29) is 17.7 Å². The van der Waals surface area contributed by atoms with Gasteiger partial charge in [0.1, 0.15) is 11.8 Å². The molecule has 6 heteroatoms. The molecule has 1 atom stereocenters. The normalized spacial score (nSPS) is 18.9. The van der Waals surface area contributed by atoms with Crippen molar-refractivity contribution in [2.45, 2.75) is 58.4 Å². The number of para-hydroxylation sites is 2. The van der Waals surface area contributed by atoms with E-state index in [1.807, 2.05) is 23.1 Å². The average molecular weight is 416 g/mol. The maximum atomic E-state index is 13.3. The Hall–Kier alpha value is -2.24. The zero-order valence-electron chi connectivity index (χ0n) is 18.7. The molecule has 2 amide bonds. The van der Waals surface area contributed by atoms with Crippen LogP contribution in [0.2, 0.25) is 0 Å². The molecule has 1 saturated heterocycles. The van der Waals surface area contributed by atoms with E-state index in [0.717, 1.165) is 50.2 Å². The Labute approximate surface area is 180 Å². The number of anilines is 1. The summed E-state index contributed by atoms with van der Waals surface area (Å²) < 4.78 is 5.49. The predicted octanol–water partition coefficient (Wildman–Crippen LogP) is 3.46. The third kappa shape index (κ3) is 5.67. The largest absolute Gasteiger partial charge is 0.495 e. The monoisotopic (exact) mass is 415 g/mol. The Morgan fingerprint density at radius 1 is 1.07 bits per heavy atom. The zero-order chi connectivity index (χ0) is 21.5. The highest BCUT2D eigenvalue weighted by Crippen LogP contribution is 2.28. The Morgan fingerprint density at radius 2 is 1.73 bits per heavy atom. The molecule has 1 aliphatic carbocycles. The summed E-state index contributed by atoms with van der Waals surface area (Å²) >= 11 is 0. The standard InChI is InChI=1S/C24H37N3O3/c1-18(2)17-20(25-23(28)19-9-5-4-6-10-19)24(29)27-15-13-26(14-16-27)21-11-7-8-12-22(21)30-3/h7-8,11-12,18-20H,4-6,9-10,13-17H2,1-3H3,(H,25,28)/t20-/m0/s1. The first-order chi connectivity index (χ1) is 14.5. The second kappa shape index (κ2) is 10.7. The summed E-state index contributed by atoms with van der Waals surface area (Å²) in [7, 11) is 1.68. The van der Waals surface area contributed by atoms with E-state index in [9.17, 15) is 9.59 Å². The Balaban J connectivity index is 1.60. The zero-order valence-corrected chi connectivity index (χ0v) is 18.7. The van der Waals surface area contributed by atoms with E-state index in [1.54, 1.807) is 7.11 Å². The van der Waals surface area contributed by atoms with Crippen molar-refractivity contribution < 1.29 is 14.3 Å². The number of hydrogen-bond acceptors (Lipinski definition) is 4. The molecule has 0 unspecified atom stereocenters. The number of carbonyl (C=O) groups excluding carboxylic acids is 2. The van der Waals surface area contributed by atoms with Crippen LogP contribution >= 0.6 is 0 Å². The highest BCUT2D eigenvalue weighted by atomic mass is 16.5. The summed E-state index contributed by atoms with van der Waals surface area (Å²) in [5, 5.41) is 3.11. The van der Waals surface area contributed by atoms with Crippen LogP contribution in [0.1, 0.15) is 52.4 Å². The van der Waals surface area contributed by atoms with Crippen molar-refractivity contribution in [3.63, 3.8) is 0 Å². The summed E-state index contributed by atoms with van der Waals surface area (Å²) in [4.78, 5) is 30.2. The molecule has 1 saturated carbocycles. The van der Waals surface area contributed by atoms with Crippen molar-refractivity contribution in [3.8, 4) is 5.75 Å². The molecular weight excluding hydrogens is 378 g/mol. The van der Waals surface area contributed by atoms with Crippen molar-refractivity contribution in [1.82, 2.24) is 10.2 Å². The van der Waals surface area contributed by atoms with Gasteiger partial charge in [0.25, 0.3) is 0 Å². The molecule has 1 N–H and O–H groups in total. The van der Waals surface area contributed by atoms with Gasteiger partial charge in [0.2, 0.25) is 11.8 Å². The van der Waals surface area contributed by atoms with Crippen LogP contribution in [0.5, 0.6) is 5.75 Å². The third-order valence-electron chi connectivity index (χ3n) is 6.31. The van der Waals surface area contributed by atoms with Gasteiger partial charge in [-0.2, -0.15) is 0 Å². The summed E-state index contributed by atoms with van der Waals surface area (Å²) in [6.45, 7) is 7.04. The fourth-order valence-electron chi connectivity index (χ4n) is 4.63. The number of piperazine rings is 1. The predicted molar refractivity (Wildman–Crippen MR) is 120 cm³/mol. The van der Waals surface area contributed by atoms with Gasteiger partial charge in [-0.3, -0.25) is 9.59 Å². The molecule has 166 valence electrons. The number of carbonyl (C=O) groups is 2. The minimum absolute atomic E-state index is 0.0625. The van der Waals surface area contributed by atoms with Gasteiger partial charge in [0, 0.05) is 32.1 Å². The number of ether oxygens (including phenoxy) is 1. The molecule has 3 rings (SSSR count). The molecule has 2 aliphatic rings. The number of amides is 2. The first-order valence-electron chi connectivity index (χ1n) is 11.5. The highest BCUT2D eigenvalue weighted by molar-refractivity contribution is 5.88. The Bertz CT molecular complexity index is 707.